The highest BCUT2D eigenvalue weighted by atomic mass is 32.2. The quantitative estimate of drug-likeness (QED) is 0.754. The number of anilines is 1. The molecule has 0 saturated heterocycles. The summed E-state index contributed by atoms with van der Waals surface area (Å²) >= 11 is 1.46. The van der Waals surface area contributed by atoms with E-state index in [1.807, 2.05) is 32.0 Å². The molecule has 1 aromatic rings. The van der Waals surface area contributed by atoms with Crippen molar-refractivity contribution in [3.8, 4) is 0 Å². The first-order valence-corrected chi connectivity index (χ1v) is 7.31. The molecule has 19 heavy (non-hydrogen) atoms. The van der Waals surface area contributed by atoms with Gasteiger partial charge in [-0.25, -0.2) is 0 Å². The van der Waals surface area contributed by atoms with Gasteiger partial charge in [0.2, 0.25) is 5.91 Å². The van der Waals surface area contributed by atoms with Gasteiger partial charge in [-0.05, 0) is 43.2 Å². The molecule has 0 atom stereocenters. The first-order valence-electron chi connectivity index (χ1n) is 6.15. The molecule has 0 bridgehead atoms. The molecule has 0 unspecified atom stereocenters. The van der Waals surface area contributed by atoms with E-state index in [4.69, 9.17) is 5.11 Å². The molecule has 0 radical (unpaired) electrons. The smallest absolute Gasteiger partial charge is 0.303 e. The fourth-order valence-corrected chi connectivity index (χ4v) is 2.30. The molecule has 4 nitrogen and oxygen atoms in total. The van der Waals surface area contributed by atoms with Crippen LogP contribution in [-0.4, -0.2) is 28.5 Å². The maximum Gasteiger partial charge on any atom is 0.303 e. The monoisotopic (exact) mass is 281 g/mol. The highest BCUT2D eigenvalue weighted by Gasteiger charge is 2.05. The van der Waals surface area contributed by atoms with Crippen molar-refractivity contribution in [2.45, 2.75) is 26.7 Å². The summed E-state index contributed by atoms with van der Waals surface area (Å²) in [5, 5.41) is 11.4. The van der Waals surface area contributed by atoms with Crippen LogP contribution in [0.5, 0.6) is 0 Å². The van der Waals surface area contributed by atoms with E-state index in [-0.39, 0.29) is 12.3 Å². The summed E-state index contributed by atoms with van der Waals surface area (Å²) in [6.45, 7) is 3.94. The molecule has 2 N–H and O–H groups in total. The van der Waals surface area contributed by atoms with Gasteiger partial charge in [0, 0.05) is 12.1 Å². The molecule has 0 aliphatic heterocycles. The Hall–Kier alpha value is -1.49. The summed E-state index contributed by atoms with van der Waals surface area (Å²) in [5.41, 5.74) is 2.99. The van der Waals surface area contributed by atoms with E-state index in [9.17, 15) is 9.59 Å². The number of nitrogens with one attached hydrogen (secondary N) is 1. The van der Waals surface area contributed by atoms with Crippen molar-refractivity contribution in [2.75, 3.05) is 16.8 Å². The summed E-state index contributed by atoms with van der Waals surface area (Å²) in [5.74, 6) is 0.203. The van der Waals surface area contributed by atoms with Gasteiger partial charge in [0.1, 0.15) is 0 Å². The lowest BCUT2D eigenvalue weighted by atomic mass is 10.1. The number of thioether (sulfide) groups is 1. The fraction of sp³-hybridized carbons (Fsp3) is 0.429. The fourth-order valence-electron chi connectivity index (χ4n) is 1.55. The Bertz CT molecular complexity index is 460. The van der Waals surface area contributed by atoms with Crippen LogP contribution in [0.2, 0.25) is 0 Å². The number of carboxylic acid groups (broad SMARTS) is 1. The van der Waals surface area contributed by atoms with Crippen molar-refractivity contribution < 1.29 is 14.7 Å². The molecular weight excluding hydrogens is 262 g/mol. The van der Waals surface area contributed by atoms with Crippen molar-refractivity contribution in [3.05, 3.63) is 29.3 Å². The SMILES string of the molecule is Cc1ccc(C)c(NC(=O)CSCCCC(=O)O)c1. The van der Waals surface area contributed by atoms with Crippen LogP contribution < -0.4 is 5.32 Å². The van der Waals surface area contributed by atoms with Crippen LogP contribution >= 0.6 is 11.8 Å². The first kappa shape index (κ1) is 15.6. The van der Waals surface area contributed by atoms with E-state index in [0.29, 0.717) is 17.9 Å². The van der Waals surface area contributed by atoms with Crippen LogP contribution in [0.3, 0.4) is 0 Å². The maximum absolute atomic E-state index is 11.7. The standard InChI is InChI=1S/C14H19NO3S/c1-10-5-6-11(2)12(8-10)15-13(16)9-19-7-3-4-14(17)18/h5-6,8H,3-4,7,9H2,1-2H3,(H,15,16)(H,17,18). The number of rotatable bonds is 7. The van der Waals surface area contributed by atoms with E-state index < -0.39 is 5.97 Å². The van der Waals surface area contributed by atoms with E-state index in [0.717, 1.165) is 16.8 Å². The second-order valence-electron chi connectivity index (χ2n) is 4.42. The molecule has 0 fully saturated rings. The predicted octanol–water partition coefficient (Wildman–Crippen LogP) is 2.84. The van der Waals surface area contributed by atoms with Gasteiger partial charge >= 0.3 is 5.97 Å². The molecule has 0 aliphatic rings. The van der Waals surface area contributed by atoms with Gasteiger partial charge in [-0.2, -0.15) is 11.8 Å². The Morgan fingerprint density at radius 2 is 2.05 bits per heavy atom. The van der Waals surface area contributed by atoms with Crippen LogP contribution in [0.25, 0.3) is 0 Å². The number of aliphatic carboxylic acids is 1. The molecular formula is C14H19NO3S. The zero-order valence-electron chi connectivity index (χ0n) is 11.2. The maximum atomic E-state index is 11.7. The Balaban J connectivity index is 2.31. The lowest BCUT2D eigenvalue weighted by Crippen LogP contribution is -2.15. The van der Waals surface area contributed by atoms with Gasteiger partial charge < -0.3 is 10.4 Å². The topological polar surface area (TPSA) is 66.4 Å². The number of amides is 1. The number of carboxylic acids is 1. The minimum Gasteiger partial charge on any atom is -0.481 e. The average Bonchev–Trinajstić information content (AvgIpc) is 2.33. The van der Waals surface area contributed by atoms with Crippen molar-refractivity contribution in [2.24, 2.45) is 0 Å². The zero-order valence-corrected chi connectivity index (χ0v) is 12.0. The molecule has 104 valence electrons. The van der Waals surface area contributed by atoms with E-state index in [1.54, 1.807) is 0 Å². The Kier molecular flexibility index (Phi) is 6.42. The summed E-state index contributed by atoms with van der Waals surface area (Å²) in [6, 6.07) is 5.93. The molecule has 0 saturated carbocycles. The molecule has 0 spiro atoms. The van der Waals surface area contributed by atoms with Crippen molar-refractivity contribution in [1.82, 2.24) is 0 Å². The molecule has 0 heterocycles. The largest absolute Gasteiger partial charge is 0.481 e. The first-order chi connectivity index (χ1) is 8.99. The summed E-state index contributed by atoms with van der Waals surface area (Å²) in [6.07, 6.45) is 0.752. The molecule has 5 heteroatoms. The van der Waals surface area contributed by atoms with Crippen molar-refractivity contribution in [1.29, 1.82) is 0 Å². The summed E-state index contributed by atoms with van der Waals surface area (Å²) in [7, 11) is 0. The number of hydrogen-bond donors (Lipinski definition) is 2. The van der Waals surface area contributed by atoms with Gasteiger partial charge in [-0.1, -0.05) is 12.1 Å². The minimum atomic E-state index is -0.791. The summed E-state index contributed by atoms with van der Waals surface area (Å²) in [4.78, 5) is 22.0. The number of hydrogen-bond acceptors (Lipinski definition) is 3. The van der Waals surface area contributed by atoms with E-state index >= 15 is 0 Å². The second-order valence-corrected chi connectivity index (χ2v) is 5.52. The van der Waals surface area contributed by atoms with E-state index in [2.05, 4.69) is 5.32 Å². The second kappa shape index (κ2) is 7.84. The highest BCUT2D eigenvalue weighted by molar-refractivity contribution is 7.99. The minimum absolute atomic E-state index is 0.0472. The number of carbonyl (C=O) groups is 2. The summed E-state index contributed by atoms with van der Waals surface area (Å²) < 4.78 is 0. The van der Waals surface area contributed by atoms with E-state index in [1.165, 1.54) is 11.8 Å². The normalized spacial score (nSPS) is 10.2. The molecule has 0 aromatic heterocycles. The third-order valence-electron chi connectivity index (χ3n) is 2.58. The third-order valence-corrected chi connectivity index (χ3v) is 3.62. The number of benzene rings is 1. The van der Waals surface area contributed by atoms with Gasteiger partial charge in [0.05, 0.1) is 5.75 Å². The Labute approximate surface area is 117 Å². The Morgan fingerprint density at radius 1 is 1.32 bits per heavy atom. The number of carbonyl (C=O) groups excluding carboxylic acids is 1. The van der Waals surface area contributed by atoms with Crippen LogP contribution in [0.4, 0.5) is 5.69 Å². The predicted molar refractivity (Wildman–Crippen MR) is 78.7 cm³/mol. The van der Waals surface area contributed by atoms with Crippen LogP contribution in [0.1, 0.15) is 24.0 Å². The van der Waals surface area contributed by atoms with Gasteiger partial charge in [-0.3, -0.25) is 9.59 Å². The average molecular weight is 281 g/mol. The molecule has 1 amide bonds. The van der Waals surface area contributed by atoms with Crippen molar-refractivity contribution >= 4 is 29.3 Å². The molecule has 1 aromatic carbocycles. The van der Waals surface area contributed by atoms with Gasteiger partial charge in [-0.15, -0.1) is 0 Å². The molecule has 0 aliphatic carbocycles. The molecule has 1 rings (SSSR count). The lowest BCUT2D eigenvalue weighted by molar-refractivity contribution is -0.137. The van der Waals surface area contributed by atoms with Crippen molar-refractivity contribution in [3.63, 3.8) is 0 Å². The lowest BCUT2D eigenvalue weighted by Gasteiger charge is -2.09. The Morgan fingerprint density at radius 3 is 2.74 bits per heavy atom. The highest BCUT2D eigenvalue weighted by Crippen LogP contribution is 2.16. The van der Waals surface area contributed by atoms with Gasteiger partial charge in [0.25, 0.3) is 0 Å². The van der Waals surface area contributed by atoms with Crippen LogP contribution in [0, 0.1) is 13.8 Å². The van der Waals surface area contributed by atoms with Crippen LogP contribution in [0.15, 0.2) is 18.2 Å². The van der Waals surface area contributed by atoms with Crippen LogP contribution in [-0.2, 0) is 9.59 Å². The van der Waals surface area contributed by atoms with Gasteiger partial charge in [0.15, 0.2) is 0 Å². The zero-order chi connectivity index (χ0) is 14.3. The number of aryl methyl sites for hydroxylation is 2. The third kappa shape index (κ3) is 6.29.